The quantitative estimate of drug-likeness (QED) is 0.504. The first-order valence-electron chi connectivity index (χ1n) is 9.08. The van der Waals surface area contributed by atoms with Gasteiger partial charge >= 0.3 is 5.97 Å². The van der Waals surface area contributed by atoms with Crippen molar-refractivity contribution in [2.45, 2.75) is 51.0 Å². The molecule has 1 saturated carbocycles. The summed E-state index contributed by atoms with van der Waals surface area (Å²) in [4.78, 5) is 10.5. The summed E-state index contributed by atoms with van der Waals surface area (Å²) < 4.78 is 27.3. The fourth-order valence-electron chi connectivity index (χ4n) is 3.17. The predicted octanol–water partition coefficient (Wildman–Crippen LogP) is 3.95. The Labute approximate surface area is 155 Å². The molecule has 1 aromatic rings. The molecule has 0 saturated heterocycles. The molecule has 0 heterocycles. The Bertz CT molecular complexity index is 725. The molecule has 1 aliphatic carbocycles. The van der Waals surface area contributed by atoms with Crippen LogP contribution in [0.4, 0.5) is 0 Å². The lowest BCUT2D eigenvalue weighted by atomic mass is 9.86. The molecule has 0 spiro atoms. The number of allylic oxidation sites excluding steroid dienone is 2. The molecule has 2 rings (SSSR count). The molecule has 6 heteroatoms. The minimum absolute atomic E-state index is 0.0529. The fraction of sp³-hybridized carbons (Fsp3) is 0.450. The molecule has 0 aromatic heterocycles. The van der Waals surface area contributed by atoms with Crippen LogP contribution in [0.1, 0.15) is 50.5 Å². The van der Waals surface area contributed by atoms with Gasteiger partial charge in [-0.1, -0.05) is 48.9 Å². The largest absolute Gasteiger partial charge is 0.481 e. The van der Waals surface area contributed by atoms with Crippen LogP contribution in [0.3, 0.4) is 0 Å². The molecule has 1 aromatic carbocycles. The smallest absolute Gasteiger partial charge is 0.303 e. The number of rotatable bonds is 9. The van der Waals surface area contributed by atoms with E-state index in [1.54, 1.807) is 6.08 Å². The summed E-state index contributed by atoms with van der Waals surface area (Å²) in [5.74, 6) is -0.423. The van der Waals surface area contributed by atoms with Gasteiger partial charge in [-0.25, -0.2) is 13.1 Å². The molecule has 2 atom stereocenters. The molecular formula is C20H27NO4S. The molecule has 1 aliphatic rings. The van der Waals surface area contributed by atoms with Gasteiger partial charge in [-0.15, -0.1) is 0 Å². The summed E-state index contributed by atoms with van der Waals surface area (Å²) in [6.07, 6.45) is 11.0. The van der Waals surface area contributed by atoms with Crippen molar-refractivity contribution in [2.24, 2.45) is 5.92 Å². The average Bonchev–Trinajstić information content (AvgIpc) is 2.60. The second kappa shape index (κ2) is 10.3. The average molecular weight is 378 g/mol. The van der Waals surface area contributed by atoms with Crippen molar-refractivity contribution >= 4 is 22.1 Å². The number of hydrogen-bond acceptors (Lipinski definition) is 3. The highest BCUT2D eigenvalue weighted by Crippen LogP contribution is 2.26. The van der Waals surface area contributed by atoms with Crippen LogP contribution in [0.2, 0.25) is 0 Å². The fourth-order valence-corrected chi connectivity index (χ4v) is 4.27. The van der Waals surface area contributed by atoms with Crippen molar-refractivity contribution < 1.29 is 18.3 Å². The maximum absolute atomic E-state index is 12.3. The van der Waals surface area contributed by atoms with Gasteiger partial charge in [0.25, 0.3) is 0 Å². The number of sulfonamides is 1. The van der Waals surface area contributed by atoms with E-state index >= 15 is 0 Å². The van der Waals surface area contributed by atoms with Crippen LogP contribution in [0.5, 0.6) is 0 Å². The molecule has 0 aliphatic heterocycles. The van der Waals surface area contributed by atoms with Gasteiger partial charge in [0.05, 0.1) is 0 Å². The number of benzene rings is 1. The monoisotopic (exact) mass is 377 g/mol. The molecule has 26 heavy (non-hydrogen) atoms. The summed E-state index contributed by atoms with van der Waals surface area (Å²) in [5.41, 5.74) is 0.851. The van der Waals surface area contributed by atoms with Crippen LogP contribution in [0.15, 0.2) is 47.9 Å². The number of carbonyl (C=O) groups is 1. The van der Waals surface area contributed by atoms with Crippen molar-refractivity contribution in [3.05, 3.63) is 53.5 Å². The van der Waals surface area contributed by atoms with Crippen LogP contribution in [0, 0.1) is 5.92 Å². The zero-order valence-electron chi connectivity index (χ0n) is 14.9. The first-order valence-corrected chi connectivity index (χ1v) is 10.6. The lowest BCUT2D eigenvalue weighted by molar-refractivity contribution is -0.137. The predicted molar refractivity (Wildman–Crippen MR) is 104 cm³/mol. The standard InChI is InChI=1S/C20H27NO4S/c22-20(23)13-6-2-5-10-18-11-7-12-19(16-18)21-26(24,25)15-14-17-8-3-1-4-9-17/h1,3-5,8-10,14-15,18-19,21H,2,6-7,11-13,16H2,(H,22,23)/b10-5-,15-14?. The van der Waals surface area contributed by atoms with Crippen LogP contribution >= 0.6 is 0 Å². The number of nitrogens with one attached hydrogen (secondary N) is 1. The van der Waals surface area contributed by atoms with E-state index < -0.39 is 16.0 Å². The summed E-state index contributed by atoms with van der Waals surface area (Å²) in [6, 6.07) is 9.29. The minimum atomic E-state index is -3.46. The molecule has 1 fully saturated rings. The van der Waals surface area contributed by atoms with Gasteiger partial charge in [-0.05, 0) is 49.7 Å². The van der Waals surface area contributed by atoms with Crippen LogP contribution in [0.25, 0.3) is 6.08 Å². The first-order chi connectivity index (χ1) is 12.4. The summed E-state index contributed by atoms with van der Waals surface area (Å²) >= 11 is 0. The van der Waals surface area contributed by atoms with Crippen LogP contribution in [-0.2, 0) is 14.8 Å². The van der Waals surface area contributed by atoms with E-state index in [-0.39, 0.29) is 12.5 Å². The van der Waals surface area contributed by atoms with E-state index in [4.69, 9.17) is 5.11 Å². The van der Waals surface area contributed by atoms with E-state index in [1.165, 1.54) is 5.41 Å². The Balaban J connectivity index is 1.82. The van der Waals surface area contributed by atoms with E-state index in [1.807, 2.05) is 36.4 Å². The minimum Gasteiger partial charge on any atom is -0.481 e. The third kappa shape index (κ3) is 7.97. The maximum Gasteiger partial charge on any atom is 0.303 e. The number of aliphatic carboxylic acids is 1. The van der Waals surface area contributed by atoms with E-state index in [2.05, 4.69) is 10.8 Å². The van der Waals surface area contributed by atoms with E-state index in [0.717, 1.165) is 37.7 Å². The number of unbranched alkanes of at least 4 members (excludes halogenated alkanes) is 1. The van der Waals surface area contributed by atoms with Gasteiger partial charge in [-0.3, -0.25) is 4.79 Å². The SMILES string of the molecule is O=C(O)CCC/C=C\C1CCCC(NS(=O)(=O)C=Cc2ccccc2)C1. The summed E-state index contributed by atoms with van der Waals surface area (Å²) in [5, 5.41) is 9.86. The molecule has 142 valence electrons. The number of hydrogen-bond donors (Lipinski definition) is 2. The zero-order valence-corrected chi connectivity index (χ0v) is 15.7. The normalized spacial score (nSPS) is 21.4. The van der Waals surface area contributed by atoms with Crippen molar-refractivity contribution in [1.82, 2.24) is 4.72 Å². The van der Waals surface area contributed by atoms with Gasteiger partial charge in [0.1, 0.15) is 0 Å². The highest BCUT2D eigenvalue weighted by Gasteiger charge is 2.23. The Morgan fingerprint density at radius 3 is 2.73 bits per heavy atom. The highest BCUT2D eigenvalue weighted by molar-refractivity contribution is 7.92. The Morgan fingerprint density at radius 2 is 2.00 bits per heavy atom. The summed E-state index contributed by atoms with van der Waals surface area (Å²) in [7, 11) is -3.46. The third-order valence-corrected chi connectivity index (χ3v) is 5.61. The van der Waals surface area contributed by atoms with Crippen LogP contribution in [-0.4, -0.2) is 25.5 Å². The van der Waals surface area contributed by atoms with Crippen LogP contribution < -0.4 is 4.72 Å². The lowest BCUT2D eigenvalue weighted by Crippen LogP contribution is -2.37. The highest BCUT2D eigenvalue weighted by atomic mass is 32.2. The molecule has 2 unspecified atom stereocenters. The number of carboxylic acids is 1. The van der Waals surface area contributed by atoms with E-state index in [0.29, 0.717) is 12.3 Å². The lowest BCUT2D eigenvalue weighted by Gasteiger charge is -2.27. The zero-order chi connectivity index (χ0) is 18.8. The third-order valence-electron chi connectivity index (χ3n) is 4.45. The number of carboxylic acid groups (broad SMARTS) is 1. The van der Waals surface area contributed by atoms with E-state index in [9.17, 15) is 13.2 Å². The first kappa shape index (κ1) is 20.4. The van der Waals surface area contributed by atoms with Gasteiger partial charge in [0, 0.05) is 17.9 Å². The second-order valence-corrected chi connectivity index (χ2v) is 8.31. The van der Waals surface area contributed by atoms with Gasteiger partial charge in [0.2, 0.25) is 10.0 Å². The molecule has 0 amide bonds. The van der Waals surface area contributed by atoms with Crippen molar-refractivity contribution in [1.29, 1.82) is 0 Å². The van der Waals surface area contributed by atoms with Crippen molar-refractivity contribution in [2.75, 3.05) is 0 Å². The van der Waals surface area contributed by atoms with Gasteiger partial charge in [-0.2, -0.15) is 0 Å². The van der Waals surface area contributed by atoms with Crippen molar-refractivity contribution in [3.8, 4) is 0 Å². The Hall–Kier alpha value is -1.92. The Kier molecular flexibility index (Phi) is 8.06. The molecular weight excluding hydrogens is 350 g/mol. The van der Waals surface area contributed by atoms with Gasteiger partial charge in [0.15, 0.2) is 0 Å². The Morgan fingerprint density at radius 1 is 1.23 bits per heavy atom. The second-order valence-electron chi connectivity index (χ2n) is 6.71. The topological polar surface area (TPSA) is 83.5 Å². The molecule has 2 N–H and O–H groups in total. The van der Waals surface area contributed by atoms with Gasteiger partial charge < -0.3 is 5.11 Å². The molecule has 0 radical (unpaired) electrons. The molecule has 5 nitrogen and oxygen atoms in total. The summed E-state index contributed by atoms with van der Waals surface area (Å²) in [6.45, 7) is 0. The molecule has 0 bridgehead atoms. The maximum atomic E-state index is 12.3. The van der Waals surface area contributed by atoms with Crippen molar-refractivity contribution in [3.63, 3.8) is 0 Å².